The Morgan fingerprint density at radius 3 is 2.94 bits per heavy atom. The van der Waals surface area contributed by atoms with Crippen LogP contribution in [0.4, 0.5) is 5.82 Å². The lowest BCUT2D eigenvalue weighted by Crippen LogP contribution is -2.25. The number of aromatic nitrogens is 1. The Morgan fingerprint density at radius 1 is 1.56 bits per heavy atom. The van der Waals surface area contributed by atoms with Crippen molar-refractivity contribution in [3.05, 3.63) is 23.9 Å². The molecule has 88 valence electrons. The summed E-state index contributed by atoms with van der Waals surface area (Å²) in [5.74, 6) is 5.54. The number of anilines is 1. The van der Waals surface area contributed by atoms with Crippen LogP contribution in [0.3, 0.4) is 0 Å². The molecule has 0 saturated heterocycles. The minimum Gasteiger partial charge on any atom is -0.385 e. The van der Waals surface area contributed by atoms with E-state index in [0.29, 0.717) is 24.5 Å². The molecule has 0 aliphatic carbocycles. The normalized spacial score (nSPS) is 9.88. The van der Waals surface area contributed by atoms with Gasteiger partial charge < -0.3 is 15.5 Å². The first kappa shape index (κ1) is 12.4. The van der Waals surface area contributed by atoms with Gasteiger partial charge in [-0.05, 0) is 18.6 Å². The van der Waals surface area contributed by atoms with E-state index in [1.807, 2.05) is 0 Å². The molecule has 0 bridgehead atoms. The number of amides is 1. The van der Waals surface area contributed by atoms with Crippen LogP contribution >= 0.6 is 0 Å². The van der Waals surface area contributed by atoms with Crippen LogP contribution in [0, 0.1) is 0 Å². The maximum absolute atomic E-state index is 11.6. The monoisotopic (exact) mass is 224 g/mol. The molecule has 1 heterocycles. The zero-order valence-electron chi connectivity index (χ0n) is 9.19. The summed E-state index contributed by atoms with van der Waals surface area (Å²) in [5.41, 5.74) is 2.90. The molecule has 16 heavy (non-hydrogen) atoms. The zero-order chi connectivity index (χ0) is 11.8. The van der Waals surface area contributed by atoms with Crippen molar-refractivity contribution in [1.29, 1.82) is 0 Å². The van der Waals surface area contributed by atoms with Crippen molar-refractivity contribution in [3.8, 4) is 0 Å². The average molecular weight is 224 g/mol. The molecule has 1 aromatic rings. The van der Waals surface area contributed by atoms with Gasteiger partial charge in [0.1, 0.15) is 5.82 Å². The number of nitrogens with zero attached hydrogens (tertiary/aromatic N) is 1. The molecule has 0 saturated carbocycles. The van der Waals surface area contributed by atoms with E-state index in [1.54, 1.807) is 19.2 Å². The fourth-order valence-corrected chi connectivity index (χ4v) is 1.13. The molecule has 0 atom stereocenters. The zero-order valence-corrected chi connectivity index (χ0v) is 9.19. The van der Waals surface area contributed by atoms with Crippen LogP contribution in [-0.4, -0.2) is 31.2 Å². The van der Waals surface area contributed by atoms with Gasteiger partial charge in [-0.3, -0.25) is 4.79 Å². The molecular weight excluding hydrogens is 208 g/mol. The Labute approximate surface area is 94.2 Å². The van der Waals surface area contributed by atoms with Crippen LogP contribution in [0.1, 0.15) is 16.8 Å². The van der Waals surface area contributed by atoms with Crippen molar-refractivity contribution in [2.75, 3.05) is 25.7 Å². The van der Waals surface area contributed by atoms with Gasteiger partial charge >= 0.3 is 0 Å². The molecule has 0 aromatic carbocycles. The fourth-order valence-electron chi connectivity index (χ4n) is 1.13. The summed E-state index contributed by atoms with van der Waals surface area (Å²) in [6.07, 6.45) is 2.26. The van der Waals surface area contributed by atoms with Crippen LogP contribution in [0.2, 0.25) is 0 Å². The SMILES string of the molecule is COCCCNC(=O)c1ccc(NN)nc1. The average Bonchev–Trinajstić information content (AvgIpc) is 2.34. The predicted molar refractivity (Wildman–Crippen MR) is 60.9 cm³/mol. The number of hydrogen-bond acceptors (Lipinski definition) is 5. The lowest BCUT2D eigenvalue weighted by atomic mass is 10.2. The summed E-state index contributed by atoms with van der Waals surface area (Å²) < 4.78 is 4.87. The van der Waals surface area contributed by atoms with Crippen molar-refractivity contribution in [2.45, 2.75) is 6.42 Å². The van der Waals surface area contributed by atoms with Crippen LogP contribution < -0.4 is 16.6 Å². The second-order valence-corrected chi connectivity index (χ2v) is 3.18. The van der Waals surface area contributed by atoms with Crippen molar-refractivity contribution in [2.24, 2.45) is 5.84 Å². The third kappa shape index (κ3) is 3.84. The third-order valence-corrected chi connectivity index (χ3v) is 1.98. The number of rotatable bonds is 6. The molecule has 6 nitrogen and oxygen atoms in total. The lowest BCUT2D eigenvalue weighted by Gasteiger charge is -2.05. The van der Waals surface area contributed by atoms with E-state index in [4.69, 9.17) is 10.6 Å². The number of ether oxygens (including phenoxy) is 1. The Balaban J connectivity index is 2.40. The molecule has 0 spiro atoms. The highest BCUT2D eigenvalue weighted by atomic mass is 16.5. The van der Waals surface area contributed by atoms with Crippen LogP contribution in [0.25, 0.3) is 0 Å². The molecule has 1 amide bonds. The van der Waals surface area contributed by atoms with Crippen molar-refractivity contribution < 1.29 is 9.53 Å². The Kier molecular flexibility index (Phi) is 5.24. The lowest BCUT2D eigenvalue weighted by molar-refractivity contribution is 0.0948. The van der Waals surface area contributed by atoms with Crippen molar-refractivity contribution in [3.63, 3.8) is 0 Å². The second-order valence-electron chi connectivity index (χ2n) is 3.18. The van der Waals surface area contributed by atoms with E-state index < -0.39 is 0 Å². The minimum atomic E-state index is -0.146. The van der Waals surface area contributed by atoms with Crippen LogP contribution in [-0.2, 0) is 4.74 Å². The van der Waals surface area contributed by atoms with Gasteiger partial charge in [0.2, 0.25) is 0 Å². The van der Waals surface area contributed by atoms with E-state index >= 15 is 0 Å². The third-order valence-electron chi connectivity index (χ3n) is 1.98. The largest absolute Gasteiger partial charge is 0.385 e. The summed E-state index contributed by atoms with van der Waals surface area (Å²) in [4.78, 5) is 15.5. The van der Waals surface area contributed by atoms with Crippen molar-refractivity contribution >= 4 is 11.7 Å². The molecule has 0 aliphatic heterocycles. The van der Waals surface area contributed by atoms with Crippen LogP contribution in [0.5, 0.6) is 0 Å². The second kappa shape index (κ2) is 6.76. The Hall–Kier alpha value is -1.66. The van der Waals surface area contributed by atoms with E-state index in [9.17, 15) is 4.79 Å². The summed E-state index contributed by atoms with van der Waals surface area (Å²) in [6, 6.07) is 3.30. The topological polar surface area (TPSA) is 89.3 Å². The molecule has 4 N–H and O–H groups in total. The highest BCUT2D eigenvalue weighted by molar-refractivity contribution is 5.93. The van der Waals surface area contributed by atoms with E-state index in [1.165, 1.54) is 6.20 Å². The predicted octanol–water partition coefficient (Wildman–Crippen LogP) is 0.134. The number of pyridine rings is 1. The van der Waals surface area contributed by atoms with Gasteiger partial charge in [0.05, 0.1) is 5.56 Å². The van der Waals surface area contributed by atoms with Gasteiger partial charge in [0.15, 0.2) is 0 Å². The summed E-state index contributed by atoms with van der Waals surface area (Å²) >= 11 is 0. The number of carbonyl (C=O) groups excluding carboxylic acids is 1. The molecular formula is C10H16N4O2. The van der Waals surface area contributed by atoms with Gasteiger partial charge in [-0.25, -0.2) is 10.8 Å². The van der Waals surface area contributed by atoms with Crippen LogP contribution in [0.15, 0.2) is 18.3 Å². The number of carbonyl (C=O) groups is 1. The number of nitrogens with one attached hydrogen (secondary N) is 2. The van der Waals surface area contributed by atoms with Gasteiger partial charge in [0, 0.05) is 26.5 Å². The first-order valence-electron chi connectivity index (χ1n) is 4.97. The number of nitrogen functional groups attached to an aromatic ring is 1. The molecule has 0 radical (unpaired) electrons. The first-order valence-corrected chi connectivity index (χ1v) is 4.97. The van der Waals surface area contributed by atoms with E-state index in [-0.39, 0.29) is 5.91 Å². The van der Waals surface area contributed by atoms with E-state index in [2.05, 4.69) is 15.7 Å². The van der Waals surface area contributed by atoms with Gasteiger partial charge in [-0.1, -0.05) is 0 Å². The standard InChI is InChI=1S/C10H16N4O2/c1-16-6-2-5-12-10(15)8-3-4-9(14-11)13-7-8/h3-4,7H,2,5-6,11H2,1H3,(H,12,15)(H,13,14). The van der Waals surface area contributed by atoms with Crippen molar-refractivity contribution in [1.82, 2.24) is 10.3 Å². The highest BCUT2D eigenvalue weighted by Crippen LogP contribution is 2.03. The Bertz CT molecular complexity index is 326. The maximum Gasteiger partial charge on any atom is 0.252 e. The highest BCUT2D eigenvalue weighted by Gasteiger charge is 2.04. The quantitative estimate of drug-likeness (QED) is 0.363. The number of hydrogen-bond donors (Lipinski definition) is 3. The van der Waals surface area contributed by atoms with Gasteiger partial charge in [-0.15, -0.1) is 0 Å². The number of methoxy groups -OCH3 is 1. The van der Waals surface area contributed by atoms with E-state index in [0.717, 1.165) is 6.42 Å². The number of hydrazine groups is 1. The Morgan fingerprint density at radius 2 is 2.38 bits per heavy atom. The summed E-state index contributed by atoms with van der Waals surface area (Å²) in [5, 5.41) is 2.76. The summed E-state index contributed by atoms with van der Waals surface area (Å²) in [7, 11) is 1.63. The summed E-state index contributed by atoms with van der Waals surface area (Å²) in [6.45, 7) is 1.22. The van der Waals surface area contributed by atoms with Gasteiger partial charge in [0.25, 0.3) is 5.91 Å². The molecule has 1 aromatic heterocycles. The number of nitrogens with two attached hydrogens (primary N) is 1. The molecule has 1 rings (SSSR count). The molecule has 6 heteroatoms. The fraction of sp³-hybridized carbons (Fsp3) is 0.400. The smallest absolute Gasteiger partial charge is 0.252 e. The molecule has 0 aliphatic rings. The molecule has 0 unspecified atom stereocenters. The van der Waals surface area contributed by atoms with Gasteiger partial charge in [-0.2, -0.15) is 0 Å². The first-order chi connectivity index (χ1) is 7.77. The minimum absolute atomic E-state index is 0.146. The maximum atomic E-state index is 11.6. The molecule has 0 fully saturated rings.